The molecule has 0 heterocycles. The summed E-state index contributed by atoms with van der Waals surface area (Å²) in [5, 5.41) is 0. The Hall–Kier alpha value is 0.519. The summed E-state index contributed by atoms with van der Waals surface area (Å²) in [5.74, 6) is 0. The van der Waals surface area contributed by atoms with Gasteiger partial charge < -0.3 is 0 Å². The minimum absolute atomic E-state index is 0. The molecule has 0 unspecified atom stereocenters. The van der Waals surface area contributed by atoms with E-state index in [1.54, 1.807) is 0 Å². The average molecular weight is 199 g/mol. The molecule has 0 aromatic rings. The van der Waals surface area contributed by atoms with Gasteiger partial charge in [0.1, 0.15) is 0 Å². The quantitative estimate of drug-likeness (QED) is 0.437. The molecule has 79 valence electrons. The van der Waals surface area contributed by atoms with Gasteiger partial charge in [0.05, 0.1) is 0 Å². The minimum atomic E-state index is 0. The second-order valence-corrected chi connectivity index (χ2v) is 0. The van der Waals surface area contributed by atoms with Crippen molar-refractivity contribution in [3.8, 4) is 0 Å². The number of hydrogen-bond donors (Lipinski definition) is 0. The van der Waals surface area contributed by atoms with Crippen LogP contribution in [-0.2, 0) is 17.1 Å². The molecule has 0 aliphatic carbocycles. The fourth-order valence-corrected chi connectivity index (χ4v) is 0. The Morgan fingerprint density at radius 1 is 0.200 bits per heavy atom. The van der Waals surface area contributed by atoms with E-state index >= 15 is 0 Å². The number of hydrogen-bond acceptors (Lipinski definition) is 0. The van der Waals surface area contributed by atoms with E-state index in [1.807, 2.05) is 0 Å². The van der Waals surface area contributed by atoms with Crippen LogP contribution in [0.15, 0.2) is 0 Å². The SMILES string of the molecule is C.C.C.C.C.C.C.C.C.[Mn]. The van der Waals surface area contributed by atoms with Crippen LogP contribution in [0.25, 0.3) is 0 Å². The van der Waals surface area contributed by atoms with E-state index in [0.29, 0.717) is 0 Å². The maximum Gasteiger partial charge on any atom is 0 e. The molecule has 0 bridgehead atoms. The van der Waals surface area contributed by atoms with Crippen molar-refractivity contribution in [3.63, 3.8) is 0 Å². The summed E-state index contributed by atoms with van der Waals surface area (Å²) in [7, 11) is 0. The first-order valence-electron chi connectivity index (χ1n) is 0. The first-order valence-corrected chi connectivity index (χ1v) is 0. The van der Waals surface area contributed by atoms with Crippen molar-refractivity contribution in [2.24, 2.45) is 0 Å². The van der Waals surface area contributed by atoms with Gasteiger partial charge in [-0.25, -0.2) is 0 Å². The van der Waals surface area contributed by atoms with E-state index in [-0.39, 0.29) is 83.9 Å². The fourth-order valence-electron chi connectivity index (χ4n) is 0. The van der Waals surface area contributed by atoms with Crippen LogP contribution in [0.1, 0.15) is 66.8 Å². The zero-order chi connectivity index (χ0) is 0. The van der Waals surface area contributed by atoms with E-state index in [4.69, 9.17) is 0 Å². The summed E-state index contributed by atoms with van der Waals surface area (Å²) in [4.78, 5) is 0. The van der Waals surface area contributed by atoms with Gasteiger partial charge in [0.15, 0.2) is 0 Å². The summed E-state index contributed by atoms with van der Waals surface area (Å²) >= 11 is 0. The van der Waals surface area contributed by atoms with Crippen LogP contribution in [0.2, 0.25) is 0 Å². The third-order valence-electron chi connectivity index (χ3n) is 0. The summed E-state index contributed by atoms with van der Waals surface area (Å²) in [6.07, 6.45) is 0. The predicted molar refractivity (Wildman–Crippen MR) is 60.6 cm³/mol. The standard InChI is InChI=1S/9CH4.Mn/h9*1H4;. The topological polar surface area (TPSA) is 0 Å². The molecule has 1 heteroatoms. The first kappa shape index (κ1) is 3530. The van der Waals surface area contributed by atoms with Crippen molar-refractivity contribution in [2.75, 3.05) is 0 Å². The molecular formula is C9H36Mn. The van der Waals surface area contributed by atoms with Crippen molar-refractivity contribution in [1.29, 1.82) is 0 Å². The zero-order valence-corrected chi connectivity index (χ0v) is 1.56. The van der Waals surface area contributed by atoms with Crippen molar-refractivity contribution in [1.82, 2.24) is 0 Å². The van der Waals surface area contributed by atoms with Gasteiger partial charge in [-0.15, -0.1) is 0 Å². The van der Waals surface area contributed by atoms with Crippen LogP contribution in [0.4, 0.5) is 0 Å². The smallest absolute Gasteiger partial charge is 0 e. The van der Waals surface area contributed by atoms with Gasteiger partial charge in [-0.1, -0.05) is 66.8 Å². The summed E-state index contributed by atoms with van der Waals surface area (Å²) in [6, 6.07) is 0. The molecule has 0 N–H and O–H groups in total. The van der Waals surface area contributed by atoms with Gasteiger partial charge in [-0.3, -0.25) is 0 Å². The summed E-state index contributed by atoms with van der Waals surface area (Å²) in [6.45, 7) is 0. The molecule has 0 fully saturated rings. The van der Waals surface area contributed by atoms with Gasteiger partial charge in [0, 0.05) is 17.1 Å². The molecule has 0 aliphatic heterocycles. The van der Waals surface area contributed by atoms with E-state index in [1.165, 1.54) is 0 Å². The zero-order valence-electron chi connectivity index (χ0n) is 0.378. The summed E-state index contributed by atoms with van der Waals surface area (Å²) < 4.78 is 0. The van der Waals surface area contributed by atoms with Crippen molar-refractivity contribution in [3.05, 3.63) is 0 Å². The van der Waals surface area contributed by atoms with Crippen LogP contribution in [0.3, 0.4) is 0 Å². The molecule has 10 heavy (non-hydrogen) atoms. The first-order chi connectivity index (χ1) is 0. The Bertz CT molecular complexity index is 4.69. The largest absolute Gasteiger partial charge is 0.0776 e. The molecule has 0 rings (SSSR count). The maximum absolute atomic E-state index is 0. The molecule has 0 amide bonds. The van der Waals surface area contributed by atoms with E-state index in [2.05, 4.69) is 0 Å². The van der Waals surface area contributed by atoms with Gasteiger partial charge in [-0.2, -0.15) is 0 Å². The molecule has 0 aliphatic rings. The molecule has 1 radical (unpaired) electrons. The maximum atomic E-state index is 0. The van der Waals surface area contributed by atoms with Crippen LogP contribution < -0.4 is 0 Å². The molecule has 0 nitrogen and oxygen atoms in total. The van der Waals surface area contributed by atoms with Gasteiger partial charge in [-0.05, 0) is 0 Å². The second kappa shape index (κ2) is 2560. The predicted octanol–water partition coefficient (Wildman–Crippen LogP) is 5.72. The molecule has 0 spiro atoms. The third-order valence-corrected chi connectivity index (χ3v) is 0. The van der Waals surface area contributed by atoms with Gasteiger partial charge in [0.25, 0.3) is 0 Å². The molecule has 0 aromatic carbocycles. The van der Waals surface area contributed by atoms with Crippen molar-refractivity contribution < 1.29 is 17.1 Å². The van der Waals surface area contributed by atoms with Gasteiger partial charge in [0.2, 0.25) is 0 Å². The van der Waals surface area contributed by atoms with Gasteiger partial charge >= 0.3 is 0 Å². The van der Waals surface area contributed by atoms with Crippen LogP contribution in [0.5, 0.6) is 0 Å². The Labute approximate surface area is 84.3 Å². The molecular weight excluding hydrogens is 163 g/mol. The van der Waals surface area contributed by atoms with Crippen molar-refractivity contribution in [2.45, 2.75) is 66.8 Å². The van der Waals surface area contributed by atoms with Crippen LogP contribution in [-0.4, -0.2) is 0 Å². The Kier molecular flexibility index (Phi) is 904000. The molecule has 0 aromatic heterocycles. The Morgan fingerprint density at radius 2 is 0.200 bits per heavy atom. The van der Waals surface area contributed by atoms with E-state index in [9.17, 15) is 0 Å². The monoisotopic (exact) mass is 199 g/mol. The Morgan fingerprint density at radius 3 is 0.200 bits per heavy atom. The fraction of sp³-hybridized carbons (Fsp3) is 1.00. The summed E-state index contributed by atoms with van der Waals surface area (Å²) in [5.41, 5.74) is 0. The van der Waals surface area contributed by atoms with E-state index in [0.717, 1.165) is 0 Å². The Balaban J connectivity index is 0. The van der Waals surface area contributed by atoms with Crippen molar-refractivity contribution >= 4 is 0 Å². The minimum Gasteiger partial charge on any atom is -0.0776 e. The normalized spacial score (nSPS) is 0. The average Bonchev–Trinajstić information content (AvgIpc) is 0. The number of rotatable bonds is 0. The molecule has 0 saturated heterocycles. The van der Waals surface area contributed by atoms with Crippen LogP contribution >= 0.6 is 0 Å². The third kappa shape index (κ3) is 1790. The van der Waals surface area contributed by atoms with Crippen LogP contribution in [0, 0.1) is 0 Å². The van der Waals surface area contributed by atoms with E-state index < -0.39 is 0 Å². The second-order valence-electron chi connectivity index (χ2n) is 0. The molecule has 0 saturated carbocycles. The molecule has 0 atom stereocenters.